The zero-order valence-electron chi connectivity index (χ0n) is 15.1. The SMILES string of the molecule is CC(C)(C)OC(=O)N1Cc2c(I)c(-c3cccc(Cl)c3)nn2C2(CC2)C1. The summed E-state index contributed by atoms with van der Waals surface area (Å²) >= 11 is 8.50. The van der Waals surface area contributed by atoms with E-state index in [1.165, 1.54) is 0 Å². The first-order chi connectivity index (χ1) is 12.2. The van der Waals surface area contributed by atoms with E-state index in [1.807, 2.05) is 49.9 Å². The molecule has 1 aromatic heterocycles. The quantitative estimate of drug-likeness (QED) is 0.531. The fourth-order valence-electron chi connectivity index (χ4n) is 3.41. The molecule has 1 spiro atoms. The van der Waals surface area contributed by atoms with Crippen molar-refractivity contribution in [2.75, 3.05) is 6.54 Å². The van der Waals surface area contributed by atoms with Gasteiger partial charge in [0, 0.05) is 17.1 Å². The highest BCUT2D eigenvalue weighted by molar-refractivity contribution is 14.1. The standard InChI is InChI=1S/C19H21ClIN3O2/c1-18(2,3)26-17(25)23-10-14-15(21)16(12-5-4-6-13(20)9-12)22-24(14)19(11-23)7-8-19/h4-6,9H,7-8,10-11H2,1-3H3. The lowest BCUT2D eigenvalue weighted by molar-refractivity contribution is 0.0141. The molecule has 1 aromatic carbocycles. The van der Waals surface area contributed by atoms with Crippen molar-refractivity contribution in [2.45, 2.75) is 51.3 Å². The van der Waals surface area contributed by atoms with Crippen molar-refractivity contribution < 1.29 is 9.53 Å². The third-order valence-corrected chi connectivity index (χ3v) is 6.14. The predicted octanol–water partition coefficient (Wildman–Crippen LogP) is 5.05. The summed E-state index contributed by atoms with van der Waals surface area (Å²) in [6, 6.07) is 7.75. The molecule has 0 N–H and O–H groups in total. The van der Waals surface area contributed by atoms with Gasteiger partial charge in [-0.15, -0.1) is 0 Å². The zero-order valence-corrected chi connectivity index (χ0v) is 18.0. The summed E-state index contributed by atoms with van der Waals surface area (Å²) in [6.07, 6.45) is 1.81. The number of rotatable bonds is 1. The number of carbonyl (C=O) groups excluding carboxylic acids is 1. The first-order valence-electron chi connectivity index (χ1n) is 8.70. The van der Waals surface area contributed by atoms with Crippen LogP contribution in [0.15, 0.2) is 24.3 Å². The topological polar surface area (TPSA) is 47.4 Å². The average molecular weight is 486 g/mol. The van der Waals surface area contributed by atoms with Gasteiger partial charge in [-0.2, -0.15) is 5.10 Å². The van der Waals surface area contributed by atoms with Crippen molar-refractivity contribution in [2.24, 2.45) is 0 Å². The van der Waals surface area contributed by atoms with Crippen LogP contribution in [0, 0.1) is 3.57 Å². The monoisotopic (exact) mass is 485 g/mol. The molecule has 0 atom stereocenters. The normalized spacial score (nSPS) is 18.0. The Bertz CT molecular complexity index is 883. The van der Waals surface area contributed by atoms with Gasteiger partial charge in [-0.1, -0.05) is 23.7 Å². The smallest absolute Gasteiger partial charge is 0.410 e. The van der Waals surface area contributed by atoms with Crippen molar-refractivity contribution in [3.05, 3.63) is 38.6 Å². The Balaban J connectivity index is 1.71. The van der Waals surface area contributed by atoms with E-state index in [1.54, 1.807) is 0 Å². The Morgan fingerprint density at radius 3 is 2.69 bits per heavy atom. The second-order valence-electron chi connectivity index (χ2n) is 8.09. The second-order valence-corrected chi connectivity index (χ2v) is 9.61. The van der Waals surface area contributed by atoms with Gasteiger partial charge in [0.15, 0.2) is 0 Å². The van der Waals surface area contributed by atoms with Gasteiger partial charge < -0.3 is 4.74 Å². The summed E-state index contributed by atoms with van der Waals surface area (Å²) in [5.41, 5.74) is 2.44. The molecule has 7 heteroatoms. The van der Waals surface area contributed by atoms with Crippen LogP contribution >= 0.6 is 34.2 Å². The van der Waals surface area contributed by atoms with E-state index >= 15 is 0 Å². The van der Waals surface area contributed by atoms with Crippen LogP contribution in [0.1, 0.15) is 39.3 Å². The van der Waals surface area contributed by atoms with Gasteiger partial charge in [0.25, 0.3) is 0 Å². The van der Waals surface area contributed by atoms with E-state index < -0.39 is 5.60 Å². The Morgan fingerprint density at radius 1 is 1.35 bits per heavy atom. The van der Waals surface area contributed by atoms with Crippen molar-refractivity contribution >= 4 is 40.3 Å². The summed E-state index contributed by atoms with van der Waals surface area (Å²) < 4.78 is 8.82. The number of nitrogens with zero attached hydrogens (tertiary/aromatic N) is 3. The maximum atomic E-state index is 12.6. The molecular formula is C19H21ClIN3O2. The second kappa shape index (κ2) is 6.12. The number of ether oxygens (including phenoxy) is 1. The van der Waals surface area contributed by atoms with Gasteiger partial charge >= 0.3 is 6.09 Å². The largest absolute Gasteiger partial charge is 0.444 e. The molecule has 0 radical (unpaired) electrons. The van der Waals surface area contributed by atoms with Crippen LogP contribution in [0.2, 0.25) is 5.02 Å². The first-order valence-corrected chi connectivity index (χ1v) is 10.2. The summed E-state index contributed by atoms with van der Waals surface area (Å²) in [5, 5.41) is 5.61. The molecular weight excluding hydrogens is 465 g/mol. The lowest BCUT2D eigenvalue weighted by Gasteiger charge is -2.35. The molecule has 2 aromatic rings. The van der Waals surface area contributed by atoms with E-state index in [0.717, 1.165) is 33.4 Å². The molecule has 5 nitrogen and oxygen atoms in total. The molecule has 1 aliphatic carbocycles. The lowest BCUT2D eigenvalue weighted by Crippen LogP contribution is -2.47. The lowest BCUT2D eigenvalue weighted by atomic mass is 10.1. The maximum Gasteiger partial charge on any atom is 0.410 e. The summed E-state index contributed by atoms with van der Waals surface area (Å²) in [6.45, 7) is 6.86. The fourth-order valence-corrected chi connectivity index (χ4v) is 4.42. The maximum absolute atomic E-state index is 12.6. The van der Waals surface area contributed by atoms with Crippen LogP contribution in [0.5, 0.6) is 0 Å². The molecule has 0 saturated heterocycles. The van der Waals surface area contributed by atoms with E-state index in [9.17, 15) is 4.79 Å². The first kappa shape index (κ1) is 18.1. The Labute approximate surface area is 171 Å². The molecule has 1 saturated carbocycles. The molecule has 26 heavy (non-hydrogen) atoms. The number of hydrogen-bond donors (Lipinski definition) is 0. The van der Waals surface area contributed by atoms with Gasteiger partial charge in [-0.05, 0) is 68.3 Å². The molecule has 1 amide bonds. The average Bonchev–Trinajstić information content (AvgIpc) is 3.22. The van der Waals surface area contributed by atoms with Crippen LogP contribution in [0.3, 0.4) is 0 Å². The predicted molar refractivity (Wildman–Crippen MR) is 109 cm³/mol. The number of aromatic nitrogens is 2. The van der Waals surface area contributed by atoms with Crippen molar-refractivity contribution in [3.8, 4) is 11.3 Å². The summed E-state index contributed by atoms with van der Waals surface area (Å²) in [5.74, 6) is 0. The van der Waals surface area contributed by atoms with E-state index in [0.29, 0.717) is 18.1 Å². The number of benzene rings is 1. The van der Waals surface area contributed by atoms with Gasteiger partial charge in [0.2, 0.25) is 0 Å². The van der Waals surface area contributed by atoms with E-state index in [2.05, 4.69) is 27.3 Å². The highest BCUT2D eigenvalue weighted by Gasteiger charge is 2.52. The third kappa shape index (κ3) is 3.22. The molecule has 4 rings (SSSR count). The molecule has 1 aliphatic heterocycles. The summed E-state index contributed by atoms with van der Waals surface area (Å²) in [7, 11) is 0. The minimum Gasteiger partial charge on any atom is -0.444 e. The molecule has 1 fully saturated rings. The van der Waals surface area contributed by atoms with Gasteiger partial charge in [-0.25, -0.2) is 4.79 Å². The van der Waals surface area contributed by atoms with Crippen LogP contribution in [-0.2, 0) is 16.8 Å². The van der Waals surface area contributed by atoms with Gasteiger partial charge in [0.05, 0.1) is 21.3 Å². The highest BCUT2D eigenvalue weighted by Crippen LogP contribution is 2.49. The Kier molecular flexibility index (Phi) is 4.26. The zero-order chi connectivity index (χ0) is 18.7. The highest BCUT2D eigenvalue weighted by atomic mass is 127. The van der Waals surface area contributed by atoms with Crippen molar-refractivity contribution in [1.29, 1.82) is 0 Å². The molecule has 0 bridgehead atoms. The molecule has 2 aliphatic rings. The molecule has 2 heterocycles. The number of hydrogen-bond acceptors (Lipinski definition) is 3. The van der Waals surface area contributed by atoms with Crippen LogP contribution in [0.4, 0.5) is 4.79 Å². The van der Waals surface area contributed by atoms with Crippen molar-refractivity contribution in [3.63, 3.8) is 0 Å². The van der Waals surface area contributed by atoms with Crippen LogP contribution in [-0.4, -0.2) is 32.9 Å². The third-order valence-electron chi connectivity index (χ3n) is 4.77. The number of fused-ring (bicyclic) bond motifs is 2. The number of amides is 1. The Hall–Kier alpha value is -1.28. The Morgan fingerprint density at radius 2 is 2.08 bits per heavy atom. The molecule has 138 valence electrons. The van der Waals surface area contributed by atoms with Crippen LogP contribution < -0.4 is 0 Å². The van der Waals surface area contributed by atoms with Crippen LogP contribution in [0.25, 0.3) is 11.3 Å². The minimum absolute atomic E-state index is 0.0821. The van der Waals surface area contributed by atoms with Gasteiger partial charge in [-0.3, -0.25) is 9.58 Å². The fraction of sp³-hybridized carbons (Fsp3) is 0.474. The molecule has 0 unspecified atom stereocenters. The van der Waals surface area contributed by atoms with E-state index in [-0.39, 0.29) is 11.6 Å². The number of halogens is 2. The number of carbonyl (C=O) groups is 1. The van der Waals surface area contributed by atoms with E-state index in [4.69, 9.17) is 21.4 Å². The summed E-state index contributed by atoms with van der Waals surface area (Å²) in [4.78, 5) is 14.4. The van der Waals surface area contributed by atoms with Gasteiger partial charge in [0.1, 0.15) is 11.3 Å². The van der Waals surface area contributed by atoms with Crippen molar-refractivity contribution in [1.82, 2.24) is 14.7 Å². The minimum atomic E-state index is -0.495.